The van der Waals surface area contributed by atoms with E-state index in [1.807, 2.05) is 0 Å². The predicted molar refractivity (Wildman–Crippen MR) is 102 cm³/mol. The molecule has 1 aliphatic heterocycles. The lowest BCUT2D eigenvalue weighted by atomic mass is 10.1. The van der Waals surface area contributed by atoms with Gasteiger partial charge in [-0.05, 0) is 48.9 Å². The Bertz CT molecular complexity index is 974. The van der Waals surface area contributed by atoms with E-state index in [9.17, 15) is 27.6 Å². The van der Waals surface area contributed by atoms with E-state index in [2.05, 4.69) is 10.6 Å². The number of nitrogens with one attached hydrogen (secondary N) is 2. The maximum Gasteiger partial charge on any atom is 0.416 e. The molecule has 0 bridgehead atoms. The number of hydrogen-bond donors (Lipinski definition) is 2. The zero-order chi connectivity index (χ0) is 21.9. The summed E-state index contributed by atoms with van der Waals surface area (Å²) in [6.07, 6.45) is -3.96. The monoisotopic (exact) mass is 421 g/mol. The summed E-state index contributed by atoms with van der Waals surface area (Å²) in [5.41, 5.74) is 0.0106. The van der Waals surface area contributed by atoms with Gasteiger partial charge < -0.3 is 15.4 Å². The average molecular weight is 421 g/mol. The lowest BCUT2D eigenvalue weighted by molar-refractivity contribution is -0.137. The van der Waals surface area contributed by atoms with Crippen LogP contribution < -0.4 is 10.6 Å². The molecule has 0 spiro atoms. The number of methoxy groups -OCH3 is 1. The van der Waals surface area contributed by atoms with Crippen molar-refractivity contribution >= 4 is 29.2 Å². The highest BCUT2D eigenvalue weighted by Gasteiger charge is 2.35. The molecule has 158 valence electrons. The van der Waals surface area contributed by atoms with Crippen LogP contribution in [0.2, 0.25) is 0 Å². The summed E-state index contributed by atoms with van der Waals surface area (Å²) in [6, 6.07) is 7.56. The molecule has 30 heavy (non-hydrogen) atoms. The molecule has 1 heterocycles. The van der Waals surface area contributed by atoms with Crippen molar-refractivity contribution in [2.75, 3.05) is 30.9 Å². The number of ether oxygens (including phenoxy) is 1. The number of amides is 4. The van der Waals surface area contributed by atoms with Crippen molar-refractivity contribution in [3.05, 3.63) is 59.2 Å². The molecule has 2 aromatic carbocycles. The second-order valence-electron chi connectivity index (χ2n) is 6.52. The number of halogens is 3. The lowest BCUT2D eigenvalue weighted by Crippen LogP contribution is -2.31. The van der Waals surface area contributed by atoms with Gasteiger partial charge >= 0.3 is 12.2 Å². The van der Waals surface area contributed by atoms with Crippen LogP contribution in [-0.2, 0) is 10.9 Å². The molecule has 4 amide bonds. The molecule has 0 fully saturated rings. The summed E-state index contributed by atoms with van der Waals surface area (Å²) < 4.78 is 42.7. The number of nitrogens with zero attached hydrogens (tertiary/aromatic N) is 1. The van der Waals surface area contributed by atoms with E-state index in [0.29, 0.717) is 13.0 Å². The van der Waals surface area contributed by atoms with Gasteiger partial charge in [0, 0.05) is 31.6 Å². The highest BCUT2D eigenvalue weighted by molar-refractivity contribution is 6.22. The van der Waals surface area contributed by atoms with Crippen LogP contribution in [0.25, 0.3) is 0 Å². The number of carbonyl (C=O) groups excluding carboxylic acids is 3. The predicted octanol–water partition coefficient (Wildman–Crippen LogP) is 3.98. The van der Waals surface area contributed by atoms with E-state index in [1.165, 1.54) is 25.3 Å². The summed E-state index contributed by atoms with van der Waals surface area (Å²) in [6.45, 7) is 0.627. The van der Waals surface area contributed by atoms with E-state index in [0.717, 1.165) is 29.2 Å². The molecule has 3 rings (SSSR count). The summed E-state index contributed by atoms with van der Waals surface area (Å²) >= 11 is 0. The van der Waals surface area contributed by atoms with Gasteiger partial charge in [-0.1, -0.05) is 0 Å². The quantitative estimate of drug-likeness (QED) is 0.546. The Labute approximate surface area is 169 Å². The minimum Gasteiger partial charge on any atom is -0.385 e. The topological polar surface area (TPSA) is 87.7 Å². The van der Waals surface area contributed by atoms with Crippen molar-refractivity contribution in [2.24, 2.45) is 0 Å². The van der Waals surface area contributed by atoms with Crippen LogP contribution in [-0.4, -0.2) is 43.0 Å². The first kappa shape index (κ1) is 21.3. The van der Waals surface area contributed by atoms with E-state index in [-0.39, 0.29) is 29.0 Å². The van der Waals surface area contributed by atoms with Gasteiger partial charge in [-0.15, -0.1) is 0 Å². The van der Waals surface area contributed by atoms with Crippen LogP contribution in [0.5, 0.6) is 0 Å². The molecule has 1 aliphatic rings. The van der Waals surface area contributed by atoms with E-state index >= 15 is 0 Å². The van der Waals surface area contributed by atoms with Crippen LogP contribution in [0.15, 0.2) is 42.5 Å². The number of urea groups is 1. The number of carbonyl (C=O) groups is 3. The highest BCUT2D eigenvalue weighted by Crippen LogP contribution is 2.30. The van der Waals surface area contributed by atoms with Crippen molar-refractivity contribution in [3.8, 4) is 0 Å². The molecule has 0 unspecified atom stereocenters. The fourth-order valence-electron chi connectivity index (χ4n) is 2.97. The van der Waals surface area contributed by atoms with Gasteiger partial charge in [0.2, 0.25) is 0 Å². The minimum atomic E-state index is -4.47. The van der Waals surface area contributed by atoms with Crippen molar-refractivity contribution < 1.29 is 32.3 Å². The Balaban J connectivity index is 1.65. The zero-order valence-corrected chi connectivity index (χ0v) is 15.9. The van der Waals surface area contributed by atoms with Crippen LogP contribution in [0.3, 0.4) is 0 Å². The van der Waals surface area contributed by atoms with Gasteiger partial charge in [0.1, 0.15) is 0 Å². The van der Waals surface area contributed by atoms with E-state index < -0.39 is 29.6 Å². The Morgan fingerprint density at radius 3 is 2.20 bits per heavy atom. The minimum absolute atomic E-state index is 0.164. The Morgan fingerprint density at radius 2 is 1.57 bits per heavy atom. The van der Waals surface area contributed by atoms with Crippen LogP contribution in [0, 0.1) is 0 Å². The van der Waals surface area contributed by atoms with Gasteiger partial charge in [-0.25, -0.2) is 4.79 Å². The number of imide groups is 1. The largest absolute Gasteiger partial charge is 0.416 e. The molecule has 0 saturated carbocycles. The fraction of sp³-hybridized carbons (Fsp3) is 0.250. The van der Waals surface area contributed by atoms with Crippen molar-refractivity contribution in [2.45, 2.75) is 12.6 Å². The van der Waals surface area contributed by atoms with Gasteiger partial charge in [0.05, 0.1) is 16.7 Å². The number of anilines is 2. The number of alkyl halides is 3. The second-order valence-corrected chi connectivity index (χ2v) is 6.52. The third-order valence-corrected chi connectivity index (χ3v) is 4.43. The molecule has 2 aromatic rings. The third kappa shape index (κ3) is 4.60. The molecule has 0 aromatic heterocycles. The van der Waals surface area contributed by atoms with Crippen molar-refractivity contribution in [1.29, 1.82) is 0 Å². The SMILES string of the molecule is COCCCN1C(=O)c2ccc(NC(=O)Nc3ccc(C(F)(F)F)cc3)cc2C1=O. The first-order valence-corrected chi connectivity index (χ1v) is 8.95. The molecule has 7 nitrogen and oxygen atoms in total. The second kappa shape index (κ2) is 8.54. The lowest BCUT2D eigenvalue weighted by Gasteiger charge is -2.12. The maximum absolute atomic E-state index is 12.6. The number of rotatable bonds is 6. The van der Waals surface area contributed by atoms with E-state index in [1.54, 1.807) is 0 Å². The summed E-state index contributed by atoms with van der Waals surface area (Å²) in [5, 5.41) is 4.90. The van der Waals surface area contributed by atoms with Gasteiger partial charge in [-0.3, -0.25) is 14.5 Å². The number of fused-ring (bicyclic) bond motifs is 1. The fourth-order valence-corrected chi connectivity index (χ4v) is 2.97. The Morgan fingerprint density at radius 1 is 0.967 bits per heavy atom. The molecule has 2 N–H and O–H groups in total. The Kier molecular flexibility index (Phi) is 6.06. The van der Waals surface area contributed by atoms with E-state index in [4.69, 9.17) is 4.74 Å². The molecule has 10 heteroatoms. The zero-order valence-electron chi connectivity index (χ0n) is 15.9. The molecule has 0 atom stereocenters. The van der Waals surface area contributed by atoms with Crippen molar-refractivity contribution in [3.63, 3.8) is 0 Å². The summed E-state index contributed by atoms with van der Waals surface area (Å²) in [5.74, 6) is -0.871. The molecule has 0 saturated heterocycles. The van der Waals surface area contributed by atoms with Crippen LogP contribution in [0.4, 0.5) is 29.3 Å². The smallest absolute Gasteiger partial charge is 0.385 e. The maximum atomic E-state index is 12.6. The van der Waals surface area contributed by atoms with Crippen LogP contribution >= 0.6 is 0 Å². The van der Waals surface area contributed by atoms with Gasteiger partial charge in [-0.2, -0.15) is 13.2 Å². The van der Waals surface area contributed by atoms with Gasteiger partial charge in [0.15, 0.2) is 0 Å². The number of hydrogen-bond acceptors (Lipinski definition) is 4. The molecule has 0 radical (unpaired) electrons. The normalized spacial score (nSPS) is 13.4. The summed E-state index contributed by atoms with van der Waals surface area (Å²) in [7, 11) is 1.52. The highest BCUT2D eigenvalue weighted by atomic mass is 19.4. The van der Waals surface area contributed by atoms with Crippen LogP contribution in [0.1, 0.15) is 32.7 Å². The standard InChI is InChI=1S/C20H18F3N3O4/c1-30-10-2-9-26-17(27)15-8-7-14(11-16(15)18(26)28)25-19(29)24-13-5-3-12(4-6-13)20(21,22)23/h3-8,11H,2,9-10H2,1H3,(H2,24,25,29). The first-order chi connectivity index (χ1) is 14.2. The van der Waals surface area contributed by atoms with Gasteiger partial charge in [0.25, 0.3) is 11.8 Å². The number of benzene rings is 2. The summed E-state index contributed by atoms with van der Waals surface area (Å²) in [4.78, 5) is 38.1. The average Bonchev–Trinajstić information content (AvgIpc) is 2.92. The molecule has 0 aliphatic carbocycles. The molecular formula is C20H18F3N3O4. The Hall–Kier alpha value is -3.40. The first-order valence-electron chi connectivity index (χ1n) is 8.95. The van der Waals surface area contributed by atoms with Crippen molar-refractivity contribution in [1.82, 2.24) is 4.90 Å². The molecular weight excluding hydrogens is 403 g/mol. The third-order valence-electron chi connectivity index (χ3n) is 4.43.